The number of amides is 1. The number of hydrogen-bond donors (Lipinski definition) is 3. The monoisotopic (exact) mass is 358 g/mol. The summed E-state index contributed by atoms with van der Waals surface area (Å²) in [5.41, 5.74) is 10.5. The van der Waals surface area contributed by atoms with Gasteiger partial charge in [0.15, 0.2) is 17.8 Å². The lowest BCUT2D eigenvalue weighted by atomic mass is 10.1. The number of fused-ring (bicyclic) bond motifs is 1. The minimum absolute atomic E-state index is 0.0623. The predicted molar refractivity (Wildman–Crippen MR) is 98.4 cm³/mol. The molecule has 8 heteroatoms. The zero-order valence-electron chi connectivity index (χ0n) is 14.5. The Morgan fingerprint density at radius 2 is 1.88 bits per heavy atom. The molecule has 0 fully saturated rings. The molecule has 0 heterocycles. The van der Waals surface area contributed by atoms with Crippen molar-refractivity contribution in [1.29, 1.82) is 0 Å². The number of aliphatic carboxylic acids is 1. The average molecular weight is 358 g/mol. The largest absolute Gasteiger partial charge is 0.480 e. The number of hydroxylamine groups is 2. The summed E-state index contributed by atoms with van der Waals surface area (Å²) >= 11 is 0. The highest BCUT2D eigenvalue weighted by Crippen LogP contribution is 2.22. The summed E-state index contributed by atoms with van der Waals surface area (Å²) in [5, 5.41) is 12.3. The number of carbonyl (C=O) groups excluding carboxylic acids is 1. The van der Waals surface area contributed by atoms with Gasteiger partial charge in [0.25, 0.3) is 5.91 Å². The lowest BCUT2D eigenvalue weighted by Crippen LogP contribution is -2.46. The van der Waals surface area contributed by atoms with Gasteiger partial charge >= 0.3 is 5.97 Å². The maximum absolute atomic E-state index is 12.0. The van der Waals surface area contributed by atoms with Crippen molar-refractivity contribution < 1.29 is 19.5 Å². The third-order valence-electron chi connectivity index (χ3n) is 3.73. The zero-order valence-corrected chi connectivity index (χ0v) is 14.5. The summed E-state index contributed by atoms with van der Waals surface area (Å²) in [6, 6.07) is 11.8. The Balaban J connectivity index is 2.16. The Labute approximate surface area is 151 Å². The summed E-state index contributed by atoms with van der Waals surface area (Å²) in [5.74, 6) is -1.35. The van der Waals surface area contributed by atoms with E-state index in [-0.39, 0.29) is 18.9 Å². The summed E-state index contributed by atoms with van der Waals surface area (Å²) in [7, 11) is 0. The van der Waals surface area contributed by atoms with Crippen LogP contribution in [0.1, 0.15) is 19.8 Å². The number of aliphatic imine (C=N–C) groups is 1. The van der Waals surface area contributed by atoms with Crippen LogP contribution in [-0.2, 0) is 9.59 Å². The number of carboxylic acids is 1. The topological polar surface area (TPSA) is 131 Å². The van der Waals surface area contributed by atoms with E-state index in [4.69, 9.17) is 16.3 Å². The molecular formula is C18H22N4O4. The average Bonchev–Trinajstić information content (AvgIpc) is 2.59. The van der Waals surface area contributed by atoms with E-state index in [1.807, 2.05) is 30.3 Å². The first-order chi connectivity index (χ1) is 12.4. The van der Waals surface area contributed by atoms with Crippen molar-refractivity contribution in [3.8, 4) is 5.75 Å². The molecular weight excluding hydrogens is 336 g/mol. The highest BCUT2D eigenvalue weighted by Gasteiger charge is 2.29. The molecule has 26 heavy (non-hydrogen) atoms. The number of nitrogens with zero attached hydrogens (tertiary/aromatic N) is 2. The second-order valence-electron chi connectivity index (χ2n) is 5.75. The molecule has 0 saturated heterocycles. The van der Waals surface area contributed by atoms with Crippen LogP contribution in [0.5, 0.6) is 5.75 Å². The van der Waals surface area contributed by atoms with Crippen molar-refractivity contribution in [2.75, 3.05) is 6.54 Å². The molecule has 0 aliphatic carbocycles. The van der Waals surface area contributed by atoms with Crippen LogP contribution >= 0.6 is 0 Å². The lowest BCUT2D eigenvalue weighted by molar-refractivity contribution is -0.176. The van der Waals surface area contributed by atoms with Gasteiger partial charge in [-0.3, -0.25) is 9.79 Å². The van der Waals surface area contributed by atoms with Crippen LogP contribution in [0.3, 0.4) is 0 Å². The molecule has 0 aliphatic heterocycles. The van der Waals surface area contributed by atoms with Crippen LogP contribution in [-0.4, -0.2) is 40.6 Å². The Morgan fingerprint density at radius 1 is 1.19 bits per heavy atom. The molecule has 138 valence electrons. The fourth-order valence-corrected chi connectivity index (χ4v) is 2.52. The fourth-order valence-electron chi connectivity index (χ4n) is 2.52. The van der Waals surface area contributed by atoms with Crippen molar-refractivity contribution >= 4 is 28.6 Å². The molecule has 2 aromatic rings. The zero-order chi connectivity index (χ0) is 19.1. The van der Waals surface area contributed by atoms with Crippen LogP contribution < -0.4 is 16.3 Å². The predicted octanol–water partition coefficient (Wildman–Crippen LogP) is 1.49. The van der Waals surface area contributed by atoms with Gasteiger partial charge in [-0.15, -0.1) is 0 Å². The van der Waals surface area contributed by atoms with Crippen molar-refractivity contribution in [3.63, 3.8) is 0 Å². The smallest absolute Gasteiger partial charge is 0.330 e. The normalized spacial score (nSPS) is 11.6. The summed E-state index contributed by atoms with van der Waals surface area (Å²) < 4.78 is 0. The number of carbonyl (C=O) groups is 2. The van der Waals surface area contributed by atoms with Gasteiger partial charge in [0.05, 0.1) is 0 Å². The van der Waals surface area contributed by atoms with Crippen LogP contribution in [0.15, 0.2) is 47.5 Å². The molecule has 2 rings (SSSR count). The number of guanidine groups is 1. The highest BCUT2D eigenvalue weighted by atomic mass is 16.7. The summed E-state index contributed by atoms with van der Waals surface area (Å²) in [6.45, 7) is 1.53. The summed E-state index contributed by atoms with van der Waals surface area (Å²) in [4.78, 5) is 33.0. The molecule has 1 amide bonds. The van der Waals surface area contributed by atoms with E-state index in [2.05, 4.69) is 4.99 Å². The molecule has 5 N–H and O–H groups in total. The van der Waals surface area contributed by atoms with Crippen molar-refractivity contribution in [2.45, 2.75) is 25.8 Å². The molecule has 0 saturated carbocycles. The van der Waals surface area contributed by atoms with Gasteiger partial charge in [-0.25, -0.2) is 4.79 Å². The lowest BCUT2D eigenvalue weighted by Gasteiger charge is -2.27. The number of carboxylic acid groups (broad SMARTS) is 1. The van der Waals surface area contributed by atoms with E-state index in [1.54, 1.807) is 12.1 Å². The molecule has 0 spiro atoms. The molecule has 0 unspecified atom stereocenters. The van der Waals surface area contributed by atoms with E-state index in [9.17, 15) is 14.7 Å². The molecule has 0 radical (unpaired) electrons. The third kappa shape index (κ3) is 5.10. The van der Waals surface area contributed by atoms with Gasteiger partial charge in [0.1, 0.15) is 0 Å². The number of rotatable bonds is 8. The van der Waals surface area contributed by atoms with E-state index in [0.29, 0.717) is 12.2 Å². The minimum atomic E-state index is -1.16. The first-order valence-corrected chi connectivity index (χ1v) is 8.13. The first kappa shape index (κ1) is 19.0. The maximum atomic E-state index is 12.0. The Morgan fingerprint density at radius 3 is 2.50 bits per heavy atom. The minimum Gasteiger partial charge on any atom is -0.480 e. The maximum Gasteiger partial charge on any atom is 0.330 e. The molecule has 0 bridgehead atoms. The van der Waals surface area contributed by atoms with Crippen molar-refractivity contribution in [1.82, 2.24) is 5.06 Å². The van der Waals surface area contributed by atoms with Gasteiger partial charge < -0.3 is 21.4 Å². The van der Waals surface area contributed by atoms with Crippen LogP contribution in [0.2, 0.25) is 0 Å². The fraction of sp³-hybridized carbons (Fsp3) is 0.278. The Hall–Kier alpha value is -3.29. The van der Waals surface area contributed by atoms with E-state index in [1.165, 1.54) is 6.92 Å². The molecule has 8 nitrogen and oxygen atoms in total. The standard InChI is InChI=1S/C18H22N4O4/c1-12(23)22(16(17(24)25)7-4-10-21-18(19)20)26-15-9-8-13-5-2-3-6-14(13)11-15/h2-3,5-6,8-9,11,16H,4,7,10H2,1H3,(H,24,25)(H4,19,20,21)/t16-/m0/s1. The van der Waals surface area contributed by atoms with Crippen LogP contribution in [0.4, 0.5) is 0 Å². The van der Waals surface area contributed by atoms with E-state index >= 15 is 0 Å². The summed E-state index contributed by atoms with van der Waals surface area (Å²) in [6.07, 6.45) is 0.541. The second kappa shape index (κ2) is 8.70. The van der Waals surface area contributed by atoms with Gasteiger partial charge in [-0.1, -0.05) is 30.3 Å². The Kier molecular flexibility index (Phi) is 6.37. The number of nitrogens with two attached hydrogens (primary N) is 2. The van der Waals surface area contributed by atoms with Gasteiger partial charge in [-0.05, 0) is 35.7 Å². The van der Waals surface area contributed by atoms with Gasteiger partial charge in [0.2, 0.25) is 0 Å². The SMILES string of the molecule is CC(=O)N(Oc1ccc2ccccc2c1)[C@@H](CCCN=C(N)N)C(=O)O. The number of benzene rings is 2. The van der Waals surface area contributed by atoms with E-state index in [0.717, 1.165) is 15.8 Å². The van der Waals surface area contributed by atoms with Gasteiger partial charge in [-0.2, -0.15) is 5.06 Å². The van der Waals surface area contributed by atoms with Crippen LogP contribution in [0, 0.1) is 0 Å². The quantitative estimate of drug-likeness (QED) is 0.283. The number of hydrogen-bond acceptors (Lipinski definition) is 4. The third-order valence-corrected chi connectivity index (χ3v) is 3.73. The molecule has 2 aromatic carbocycles. The molecule has 0 aromatic heterocycles. The van der Waals surface area contributed by atoms with Gasteiger partial charge in [0, 0.05) is 13.5 Å². The Bertz CT molecular complexity index is 818. The van der Waals surface area contributed by atoms with Crippen molar-refractivity contribution in [3.05, 3.63) is 42.5 Å². The molecule has 0 aliphatic rings. The van der Waals surface area contributed by atoms with Crippen LogP contribution in [0.25, 0.3) is 10.8 Å². The van der Waals surface area contributed by atoms with Crippen molar-refractivity contribution in [2.24, 2.45) is 16.5 Å². The molecule has 1 atom stereocenters. The second-order valence-corrected chi connectivity index (χ2v) is 5.75. The first-order valence-electron chi connectivity index (χ1n) is 8.13. The van der Waals surface area contributed by atoms with E-state index < -0.39 is 17.9 Å². The highest BCUT2D eigenvalue weighted by molar-refractivity contribution is 5.84.